The fraction of sp³-hybridized carbons (Fsp3) is 0.833. The molecule has 23 heavy (non-hydrogen) atoms. The molecule has 3 N–H and O–H groups in total. The minimum Gasteiger partial charge on any atom is -0.460 e. The lowest BCUT2D eigenvalue weighted by atomic mass is 10.00. The minimum atomic E-state index is -1.28. The summed E-state index contributed by atoms with van der Waals surface area (Å²) in [6, 6.07) is 0. The van der Waals surface area contributed by atoms with E-state index in [-0.39, 0.29) is 6.10 Å². The highest BCUT2D eigenvalue weighted by Crippen LogP contribution is 2.15. The molecule has 0 aromatic carbocycles. The van der Waals surface area contributed by atoms with E-state index in [0.717, 1.165) is 44.6 Å². The Morgan fingerprint density at radius 1 is 0.913 bits per heavy atom. The molecule has 0 aromatic heterocycles. The number of aliphatic hydroxyl groups is 3. The van der Waals surface area contributed by atoms with Gasteiger partial charge in [-0.05, 0) is 32.3 Å². The van der Waals surface area contributed by atoms with Gasteiger partial charge in [0.15, 0.2) is 0 Å². The van der Waals surface area contributed by atoms with Crippen LogP contribution in [0.15, 0.2) is 12.2 Å². The van der Waals surface area contributed by atoms with E-state index in [0.29, 0.717) is 6.42 Å². The molecule has 0 aliphatic carbocycles. The first-order valence-electron chi connectivity index (χ1n) is 8.93. The summed E-state index contributed by atoms with van der Waals surface area (Å²) in [6.45, 7) is 1.86. The average Bonchev–Trinajstić information content (AvgIpc) is 2.52. The van der Waals surface area contributed by atoms with Gasteiger partial charge < -0.3 is 20.1 Å². The van der Waals surface area contributed by atoms with Gasteiger partial charge in [-0.3, -0.25) is 0 Å². The van der Waals surface area contributed by atoms with Crippen LogP contribution in [0.2, 0.25) is 0 Å². The molecule has 134 valence electrons. The number of carbonyl (C=O) groups excluding carboxylic acids is 1. The van der Waals surface area contributed by atoms with Crippen molar-refractivity contribution in [2.24, 2.45) is 0 Å². The third-order valence-corrected chi connectivity index (χ3v) is 4.35. The van der Waals surface area contributed by atoms with Gasteiger partial charge in [-0.15, -0.1) is 0 Å². The zero-order valence-electron chi connectivity index (χ0n) is 14.2. The number of hydrogen-bond acceptors (Lipinski definition) is 5. The second-order valence-corrected chi connectivity index (χ2v) is 6.56. The highest BCUT2D eigenvalue weighted by atomic mass is 16.5. The molecule has 1 aliphatic rings. The first-order valence-corrected chi connectivity index (χ1v) is 8.93. The third-order valence-electron chi connectivity index (χ3n) is 4.35. The van der Waals surface area contributed by atoms with E-state index in [1.54, 1.807) is 0 Å². The van der Waals surface area contributed by atoms with E-state index >= 15 is 0 Å². The van der Waals surface area contributed by atoms with Gasteiger partial charge in [0.05, 0.1) is 12.2 Å². The van der Waals surface area contributed by atoms with Crippen LogP contribution in [-0.4, -0.2) is 45.7 Å². The molecule has 0 amide bonds. The van der Waals surface area contributed by atoms with Crippen LogP contribution in [0, 0.1) is 0 Å². The molecule has 4 atom stereocenters. The summed E-state index contributed by atoms with van der Waals surface area (Å²) in [4.78, 5) is 11.7. The molecule has 5 nitrogen and oxygen atoms in total. The first kappa shape index (κ1) is 20.1. The van der Waals surface area contributed by atoms with Gasteiger partial charge in [-0.25, -0.2) is 4.79 Å². The van der Waals surface area contributed by atoms with E-state index in [1.165, 1.54) is 25.3 Å². The van der Waals surface area contributed by atoms with Crippen LogP contribution in [0.25, 0.3) is 0 Å². The third kappa shape index (κ3) is 9.08. The van der Waals surface area contributed by atoms with Gasteiger partial charge >= 0.3 is 5.97 Å². The zero-order valence-corrected chi connectivity index (χ0v) is 14.2. The summed E-state index contributed by atoms with van der Waals surface area (Å²) in [7, 11) is 0. The Kier molecular flexibility index (Phi) is 10.2. The summed E-state index contributed by atoms with van der Waals surface area (Å²) < 4.78 is 5.23. The highest BCUT2D eigenvalue weighted by Gasteiger charge is 2.22. The van der Waals surface area contributed by atoms with E-state index < -0.39 is 24.3 Å². The van der Waals surface area contributed by atoms with E-state index in [2.05, 4.69) is 0 Å². The van der Waals surface area contributed by atoms with Crippen molar-refractivity contribution in [2.45, 2.75) is 95.5 Å². The maximum atomic E-state index is 11.7. The number of rotatable bonds is 0. The monoisotopic (exact) mass is 328 g/mol. The van der Waals surface area contributed by atoms with Crippen LogP contribution in [0.1, 0.15) is 71.1 Å². The number of aliphatic hydroxyl groups excluding tert-OH is 3. The summed E-state index contributed by atoms with van der Waals surface area (Å²) in [6.07, 6.45) is 8.70. The smallest absolute Gasteiger partial charge is 0.330 e. The fourth-order valence-electron chi connectivity index (χ4n) is 2.83. The van der Waals surface area contributed by atoms with Crippen LogP contribution in [0.5, 0.6) is 0 Å². The van der Waals surface area contributed by atoms with E-state index in [1.807, 2.05) is 6.92 Å². The molecule has 0 bridgehead atoms. The van der Waals surface area contributed by atoms with Gasteiger partial charge in [0, 0.05) is 6.08 Å². The normalized spacial score (nSPS) is 34.9. The van der Waals surface area contributed by atoms with Gasteiger partial charge in [0.1, 0.15) is 12.2 Å². The van der Waals surface area contributed by atoms with E-state index in [9.17, 15) is 20.1 Å². The number of hydrogen-bond donors (Lipinski definition) is 3. The second-order valence-electron chi connectivity index (χ2n) is 6.56. The van der Waals surface area contributed by atoms with Crippen LogP contribution >= 0.6 is 0 Å². The van der Waals surface area contributed by atoms with Crippen molar-refractivity contribution < 1.29 is 24.9 Å². The molecule has 5 heteroatoms. The molecule has 0 fully saturated rings. The quantitative estimate of drug-likeness (QED) is 0.595. The Labute approximate surface area is 139 Å². The van der Waals surface area contributed by atoms with Crippen LogP contribution in [0.4, 0.5) is 0 Å². The van der Waals surface area contributed by atoms with Crippen LogP contribution in [0.3, 0.4) is 0 Å². The maximum absolute atomic E-state index is 11.7. The number of esters is 1. The lowest BCUT2D eigenvalue weighted by molar-refractivity contribution is -0.142. The molecule has 0 spiro atoms. The van der Waals surface area contributed by atoms with Gasteiger partial charge in [0.2, 0.25) is 0 Å². The molecule has 0 aromatic rings. The van der Waals surface area contributed by atoms with Crippen molar-refractivity contribution in [2.75, 3.05) is 0 Å². The molecule has 1 heterocycles. The summed E-state index contributed by atoms with van der Waals surface area (Å²) in [5.41, 5.74) is 0. The Balaban J connectivity index is 2.55. The van der Waals surface area contributed by atoms with Crippen LogP contribution < -0.4 is 0 Å². The predicted molar refractivity (Wildman–Crippen MR) is 88.9 cm³/mol. The maximum Gasteiger partial charge on any atom is 0.330 e. The standard InChI is InChI=1S/C18H32O5/c1-14-10-8-6-4-2-3-5-7-9-11-15(19)18(22)16(20)12-13-17(21)23-14/h12-16,18-20,22H,2-11H2,1H3/b13-12-/t14-,15+,16+,18-/m0/s1. The van der Waals surface area contributed by atoms with Gasteiger partial charge in [-0.2, -0.15) is 0 Å². The fourth-order valence-corrected chi connectivity index (χ4v) is 2.83. The van der Waals surface area contributed by atoms with Crippen molar-refractivity contribution >= 4 is 5.97 Å². The molecule has 1 rings (SSSR count). The lowest BCUT2D eigenvalue weighted by Gasteiger charge is -2.21. The van der Waals surface area contributed by atoms with Crippen molar-refractivity contribution in [1.82, 2.24) is 0 Å². The number of carbonyl (C=O) groups is 1. The van der Waals surface area contributed by atoms with Gasteiger partial charge in [0.25, 0.3) is 0 Å². The second kappa shape index (κ2) is 11.6. The van der Waals surface area contributed by atoms with Crippen molar-refractivity contribution in [3.05, 3.63) is 12.2 Å². The number of cyclic esters (lactones) is 1. The molecule has 0 unspecified atom stereocenters. The Bertz CT molecular complexity index is 355. The lowest BCUT2D eigenvalue weighted by Crippen LogP contribution is -2.36. The topological polar surface area (TPSA) is 87.0 Å². The highest BCUT2D eigenvalue weighted by molar-refractivity contribution is 5.82. The van der Waals surface area contributed by atoms with Crippen molar-refractivity contribution in [3.8, 4) is 0 Å². The molecular formula is C18H32O5. The summed E-state index contributed by atoms with van der Waals surface area (Å²) >= 11 is 0. The largest absolute Gasteiger partial charge is 0.460 e. The summed E-state index contributed by atoms with van der Waals surface area (Å²) in [5, 5.41) is 29.6. The van der Waals surface area contributed by atoms with Crippen molar-refractivity contribution in [3.63, 3.8) is 0 Å². The van der Waals surface area contributed by atoms with E-state index in [4.69, 9.17) is 4.74 Å². The molecule has 0 saturated heterocycles. The minimum absolute atomic E-state index is 0.154. The molecule has 0 radical (unpaired) electrons. The Hall–Kier alpha value is -0.910. The van der Waals surface area contributed by atoms with Crippen molar-refractivity contribution in [1.29, 1.82) is 0 Å². The van der Waals surface area contributed by atoms with Crippen LogP contribution in [-0.2, 0) is 9.53 Å². The van der Waals surface area contributed by atoms with Gasteiger partial charge in [-0.1, -0.05) is 44.9 Å². The zero-order chi connectivity index (χ0) is 17.1. The Morgan fingerprint density at radius 3 is 2.04 bits per heavy atom. The summed E-state index contributed by atoms with van der Waals surface area (Å²) in [5.74, 6) is -0.528. The Morgan fingerprint density at radius 2 is 1.43 bits per heavy atom. The number of ether oxygens (including phenoxy) is 1. The average molecular weight is 328 g/mol. The molecule has 1 aliphatic heterocycles. The molecular weight excluding hydrogens is 296 g/mol. The predicted octanol–water partition coefficient (Wildman–Crippen LogP) is 2.47. The first-order chi connectivity index (χ1) is 11.0. The SMILES string of the molecule is C[C@H]1CCCCCCCCCC[C@@H](O)[C@H](O)[C@H](O)/C=C\C(=O)O1. The molecule has 0 saturated carbocycles.